The van der Waals surface area contributed by atoms with Crippen molar-refractivity contribution in [3.8, 4) is 5.75 Å². The number of aliphatic hydroxyl groups excluding tert-OH is 1. The van der Waals surface area contributed by atoms with E-state index >= 15 is 0 Å². The molecule has 0 unspecified atom stereocenters. The van der Waals surface area contributed by atoms with E-state index in [4.69, 9.17) is 4.74 Å². The van der Waals surface area contributed by atoms with Gasteiger partial charge in [0, 0.05) is 19.7 Å². The molecule has 0 bridgehead atoms. The van der Waals surface area contributed by atoms with E-state index in [2.05, 4.69) is 13.8 Å². The van der Waals surface area contributed by atoms with Crippen LogP contribution in [0.1, 0.15) is 24.5 Å². The number of aryl methyl sites for hydroxylation is 2. The van der Waals surface area contributed by atoms with E-state index in [1.54, 1.807) is 0 Å². The van der Waals surface area contributed by atoms with Crippen molar-refractivity contribution in [2.45, 2.75) is 27.2 Å². The highest BCUT2D eigenvalue weighted by molar-refractivity contribution is 5.77. The highest BCUT2D eigenvalue weighted by Gasteiger charge is 2.27. The van der Waals surface area contributed by atoms with E-state index in [1.165, 1.54) is 5.56 Å². The zero-order valence-corrected chi connectivity index (χ0v) is 13.1. The fourth-order valence-electron chi connectivity index (χ4n) is 2.86. The van der Waals surface area contributed by atoms with Gasteiger partial charge in [-0.3, -0.25) is 4.79 Å². The summed E-state index contributed by atoms with van der Waals surface area (Å²) in [6.45, 7) is 7.80. The molecule has 0 spiro atoms. The molecule has 4 nitrogen and oxygen atoms in total. The van der Waals surface area contributed by atoms with Crippen molar-refractivity contribution >= 4 is 5.91 Å². The number of carbonyl (C=O) groups is 1. The first-order valence-corrected chi connectivity index (χ1v) is 7.58. The van der Waals surface area contributed by atoms with Gasteiger partial charge in [0.1, 0.15) is 5.75 Å². The van der Waals surface area contributed by atoms with Gasteiger partial charge in [-0.15, -0.1) is 0 Å². The summed E-state index contributed by atoms with van der Waals surface area (Å²) in [4.78, 5) is 14.1. The minimum absolute atomic E-state index is 0.00164. The number of hydrogen-bond donors (Lipinski definition) is 1. The van der Waals surface area contributed by atoms with Gasteiger partial charge in [-0.05, 0) is 55.4 Å². The van der Waals surface area contributed by atoms with Crippen LogP contribution in [0.3, 0.4) is 0 Å². The Morgan fingerprint density at radius 1 is 1.33 bits per heavy atom. The number of piperidine rings is 1. The van der Waals surface area contributed by atoms with Crippen LogP contribution >= 0.6 is 0 Å². The lowest BCUT2D eigenvalue weighted by atomic mass is 9.91. The van der Waals surface area contributed by atoms with Crippen molar-refractivity contribution in [1.82, 2.24) is 4.90 Å². The second-order valence-corrected chi connectivity index (χ2v) is 6.22. The third-order valence-corrected chi connectivity index (χ3v) is 4.20. The number of nitrogens with zero attached hydrogens (tertiary/aromatic N) is 1. The van der Waals surface area contributed by atoms with Gasteiger partial charge in [-0.25, -0.2) is 0 Å². The summed E-state index contributed by atoms with van der Waals surface area (Å²) in [5, 5.41) is 9.30. The smallest absolute Gasteiger partial charge is 0.260 e. The highest BCUT2D eigenvalue weighted by atomic mass is 16.5. The first kappa shape index (κ1) is 15.8. The Morgan fingerprint density at radius 3 is 2.76 bits per heavy atom. The monoisotopic (exact) mass is 291 g/mol. The number of likely N-dealkylation sites (tertiary alicyclic amines) is 1. The van der Waals surface area contributed by atoms with E-state index < -0.39 is 0 Å². The number of aliphatic hydroxyl groups is 1. The Morgan fingerprint density at radius 2 is 2.10 bits per heavy atom. The summed E-state index contributed by atoms with van der Waals surface area (Å²) >= 11 is 0. The number of benzene rings is 1. The molecule has 0 aromatic heterocycles. The van der Waals surface area contributed by atoms with Crippen molar-refractivity contribution in [1.29, 1.82) is 0 Å². The van der Waals surface area contributed by atoms with Gasteiger partial charge >= 0.3 is 0 Å². The molecule has 116 valence electrons. The van der Waals surface area contributed by atoms with Crippen molar-refractivity contribution in [2.75, 3.05) is 26.3 Å². The Kier molecular flexibility index (Phi) is 5.23. The predicted octanol–water partition coefficient (Wildman–Crippen LogP) is 2.16. The molecule has 1 aliphatic heterocycles. The standard InChI is InChI=1S/C17H25NO3/c1-12-6-15(10-19)9-18(8-12)17(20)11-21-16-5-4-13(2)14(3)7-16/h4-5,7,12,15,19H,6,8-11H2,1-3H3/t12-,15-/m1/s1. The maximum atomic E-state index is 12.2. The van der Waals surface area contributed by atoms with Crippen LogP contribution in [0.5, 0.6) is 5.75 Å². The molecule has 1 amide bonds. The SMILES string of the molecule is Cc1ccc(OCC(=O)N2C[C@H](C)C[C@@H](CO)C2)cc1C. The van der Waals surface area contributed by atoms with Crippen LogP contribution in [0.15, 0.2) is 18.2 Å². The highest BCUT2D eigenvalue weighted by Crippen LogP contribution is 2.21. The lowest BCUT2D eigenvalue weighted by Crippen LogP contribution is -2.46. The maximum Gasteiger partial charge on any atom is 0.260 e. The zero-order valence-electron chi connectivity index (χ0n) is 13.1. The third kappa shape index (κ3) is 4.21. The summed E-state index contributed by atoms with van der Waals surface area (Å²) in [5.41, 5.74) is 2.37. The number of rotatable bonds is 4. The predicted molar refractivity (Wildman–Crippen MR) is 82.3 cm³/mol. The van der Waals surface area contributed by atoms with Gasteiger partial charge in [0.2, 0.25) is 0 Å². The molecule has 1 saturated heterocycles. The van der Waals surface area contributed by atoms with Crippen LogP contribution in [0, 0.1) is 25.7 Å². The molecule has 1 heterocycles. The molecule has 1 N–H and O–H groups in total. The molecule has 1 aromatic carbocycles. The number of ether oxygens (including phenoxy) is 1. The minimum Gasteiger partial charge on any atom is -0.484 e. The Hall–Kier alpha value is -1.55. The molecule has 1 fully saturated rings. The summed E-state index contributed by atoms with van der Waals surface area (Å²) in [7, 11) is 0. The van der Waals surface area contributed by atoms with Gasteiger partial charge in [-0.1, -0.05) is 13.0 Å². The maximum absolute atomic E-state index is 12.2. The molecule has 0 radical (unpaired) electrons. The van der Waals surface area contributed by atoms with Crippen molar-refractivity contribution in [3.05, 3.63) is 29.3 Å². The van der Waals surface area contributed by atoms with Crippen molar-refractivity contribution in [3.63, 3.8) is 0 Å². The Bertz CT molecular complexity index is 501. The zero-order chi connectivity index (χ0) is 15.4. The number of carbonyl (C=O) groups excluding carboxylic acids is 1. The first-order chi connectivity index (χ1) is 9.99. The van der Waals surface area contributed by atoms with Crippen LogP contribution < -0.4 is 4.74 Å². The Balaban J connectivity index is 1.90. The molecular formula is C17H25NO3. The second kappa shape index (κ2) is 6.94. The van der Waals surface area contributed by atoms with Crippen LogP contribution in [0.2, 0.25) is 0 Å². The quantitative estimate of drug-likeness (QED) is 0.925. The van der Waals surface area contributed by atoms with Gasteiger partial charge < -0.3 is 14.7 Å². The second-order valence-electron chi connectivity index (χ2n) is 6.22. The van der Waals surface area contributed by atoms with Crippen LogP contribution in [-0.4, -0.2) is 42.2 Å². The van der Waals surface area contributed by atoms with E-state index in [9.17, 15) is 9.90 Å². The third-order valence-electron chi connectivity index (χ3n) is 4.20. The average Bonchev–Trinajstić information content (AvgIpc) is 2.47. The van der Waals surface area contributed by atoms with Gasteiger partial charge in [-0.2, -0.15) is 0 Å². The summed E-state index contributed by atoms with van der Waals surface area (Å²) in [5.74, 6) is 1.36. The average molecular weight is 291 g/mol. The van der Waals surface area contributed by atoms with E-state index in [0.29, 0.717) is 12.5 Å². The molecule has 1 aliphatic rings. The van der Waals surface area contributed by atoms with Gasteiger partial charge in [0.25, 0.3) is 5.91 Å². The van der Waals surface area contributed by atoms with Crippen LogP contribution in [0.4, 0.5) is 0 Å². The van der Waals surface area contributed by atoms with Crippen LogP contribution in [-0.2, 0) is 4.79 Å². The Labute approximate surface area is 126 Å². The summed E-state index contributed by atoms with van der Waals surface area (Å²) in [6.07, 6.45) is 0.984. The molecular weight excluding hydrogens is 266 g/mol. The van der Waals surface area contributed by atoms with Crippen molar-refractivity contribution < 1.29 is 14.6 Å². The number of hydrogen-bond acceptors (Lipinski definition) is 3. The summed E-state index contributed by atoms with van der Waals surface area (Å²) < 4.78 is 5.61. The normalized spacial score (nSPS) is 22.2. The fourth-order valence-corrected chi connectivity index (χ4v) is 2.86. The first-order valence-electron chi connectivity index (χ1n) is 7.58. The van der Waals surface area contributed by atoms with E-state index in [-0.39, 0.29) is 25.0 Å². The number of amides is 1. The topological polar surface area (TPSA) is 49.8 Å². The molecule has 1 aromatic rings. The minimum atomic E-state index is -0.00164. The largest absolute Gasteiger partial charge is 0.484 e. The molecule has 2 atom stereocenters. The summed E-state index contributed by atoms with van der Waals surface area (Å²) in [6, 6.07) is 5.85. The van der Waals surface area contributed by atoms with E-state index in [0.717, 1.165) is 24.3 Å². The molecule has 0 saturated carbocycles. The van der Waals surface area contributed by atoms with Crippen LogP contribution in [0.25, 0.3) is 0 Å². The lowest BCUT2D eigenvalue weighted by Gasteiger charge is -2.35. The van der Waals surface area contributed by atoms with Gasteiger partial charge in [0.05, 0.1) is 0 Å². The van der Waals surface area contributed by atoms with E-state index in [1.807, 2.05) is 30.0 Å². The lowest BCUT2D eigenvalue weighted by molar-refractivity contribution is -0.136. The van der Waals surface area contributed by atoms with Crippen molar-refractivity contribution in [2.24, 2.45) is 11.8 Å². The van der Waals surface area contributed by atoms with Gasteiger partial charge in [0.15, 0.2) is 6.61 Å². The molecule has 0 aliphatic carbocycles. The fraction of sp³-hybridized carbons (Fsp3) is 0.588. The molecule has 4 heteroatoms. The molecule has 21 heavy (non-hydrogen) atoms. The molecule has 2 rings (SSSR count).